The number of hydrogen-bond acceptors (Lipinski definition) is 3. The summed E-state index contributed by atoms with van der Waals surface area (Å²) in [5.74, 6) is -0.632. The molecule has 104 valence electrons. The number of hydrogen-bond donors (Lipinski definition) is 3. The normalized spacial score (nSPS) is 26.4. The number of carbonyl (C=O) groups is 1. The Bertz CT molecular complexity index is 435. The van der Waals surface area contributed by atoms with Crippen molar-refractivity contribution in [3.63, 3.8) is 0 Å². The number of benzene rings is 1. The molecule has 4 nitrogen and oxygen atoms in total. The molecule has 19 heavy (non-hydrogen) atoms. The van der Waals surface area contributed by atoms with E-state index in [0.717, 1.165) is 5.56 Å². The fraction of sp³-hybridized carbons (Fsp3) is 0.500. The van der Waals surface area contributed by atoms with Crippen molar-refractivity contribution in [2.45, 2.75) is 31.4 Å². The Hall–Kier alpha value is -1.46. The van der Waals surface area contributed by atoms with Crippen molar-refractivity contribution in [2.24, 2.45) is 5.92 Å². The Balaban J connectivity index is 1.83. The molecule has 3 atom stereocenters. The number of aliphatic hydroxyl groups excluding tert-OH is 2. The molecule has 0 unspecified atom stereocenters. The summed E-state index contributed by atoms with van der Waals surface area (Å²) in [7, 11) is 0. The van der Waals surface area contributed by atoms with E-state index in [1.54, 1.807) is 12.1 Å². The highest BCUT2D eigenvalue weighted by atomic mass is 19.1. The van der Waals surface area contributed by atoms with Gasteiger partial charge < -0.3 is 15.5 Å². The first-order valence-electron chi connectivity index (χ1n) is 6.41. The van der Waals surface area contributed by atoms with Gasteiger partial charge in [-0.25, -0.2) is 4.39 Å². The van der Waals surface area contributed by atoms with Crippen LogP contribution in [0.25, 0.3) is 0 Å². The van der Waals surface area contributed by atoms with Crippen LogP contribution in [0.5, 0.6) is 0 Å². The second-order valence-electron chi connectivity index (χ2n) is 5.05. The molecule has 1 saturated carbocycles. The molecule has 1 aromatic rings. The average Bonchev–Trinajstić information content (AvgIpc) is 2.72. The first-order valence-corrected chi connectivity index (χ1v) is 6.41. The molecular formula is C14H18FNO3. The third kappa shape index (κ3) is 3.75. The lowest BCUT2D eigenvalue weighted by Gasteiger charge is -2.12. The number of nitrogens with one attached hydrogen (secondary N) is 1. The van der Waals surface area contributed by atoms with E-state index in [-0.39, 0.29) is 36.7 Å². The molecular weight excluding hydrogens is 249 g/mol. The molecule has 0 saturated heterocycles. The van der Waals surface area contributed by atoms with Gasteiger partial charge in [-0.1, -0.05) is 12.1 Å². The van der Waals surface area contributed by atoms with Crippen molar-refractivity contribution in [3.8, 4) is 0 Å². The fourth-order valence-electron chi connectivity index (χ4n) is 2.48. The maximum absolute atomic E-state index is 12.7. The highest BCUT2D eigenvalue weighted by molar-refractivity contribution is 5.78. The fourth-order valence-corrected chi connectivity index (χ4v) is 2.48. The molecule has 2 rings (SSSR count). The molecule has 5 heteroatoms. The summed E-state index contributed by atoms with van der Waals surface area (Å²) < 4.78 is 12.7. The summed E-state index contributed by atoms with van der Waals surface area (Å²) in [5.41, 5.74) is 0.746. The highest BCUT2D eigenvalue weighted by Gasteiger charge is 2.33. The van der Waals surface area contributed by atoms with Crippen molar-refractivity contribution in [2.75, 3.05) is 6.61 Å². The number of aliphatic hydroxyl groups is 2. The Morgan fingerprint density at radius 2 is 2.00 bits per heavy atom. The zero-order valence-corrected chi connectivity index (χ0v) is 10.6. The summed E-state index contributed by atoms with van der Waals surface area (Å²) in [6.07, 6.45) is 0.699. The van der Waals surface area contributed by atoms with Gasteiger partial charge in [0.05, 0.1) is 12.5 Å². The second kappa shape index (κ2) is 6.12. The van der Waals surface area contributed by atoms with E-state index >= 15 is 0 Å². The van der Waals surface area contributed by atoms with Gasteiger partial charge in [0.15, 0.2) is 0 Å². The van der Waals surface area contributed by atoms with Crippen LogP contribution in [0.4, 0.5) is 4.39 Å². The highest BCUT2D eigenvalue weighted by Crippen LogP contribution is 2.25. The first kappa shape index (κ1) is 14.0. The maximum atomic E-state index is 12.7. The Labute approximate surface area is 111 Å². The van der Waals surface area contributed by atoms with Gasteiger partial charge in [0.2, 0.25) is 5.91 Å². The Morgan fingerprint density at radius 1 is 1.32 bits per heavy atom. The predicted molar refractivity (Wildman–Crippen MR) is 67.9 cm³/mol. The molecule has 1 fully saturated rings. The van der Waals surface area contributed by atoms with Crippen LogP contribution in [0.1, 0.15) is 18.4 Å². The van der Waals surface area contributed by atoms with E-state index in [1.165, 1.54) is 12.1 Å². The smallest absolute Gasteiger partial charge is 0.224 e. The summed E-state index contributed by atoms with van der Waals surface area (Å²) in [5, 5.41) is 21.5. The van der Waals surface area contributed by atoms with Crippen LogP contribution in [0.3, 0.4) is 0 Å². The minimum Gasteiger partial charge on any atom is -0.396 e. The standard InChI is InChI=1S/C14H18FNO3/c15-11-3-1-9(2-4-11)5-14(19)16-12-6-10(8-17)13(18)7-12/h1-4,10,12-13,17-18H,5-8H2,(H,16,19)/t10-,12-,13-/m1/s1. The lowest BCUT2D eigenvalue weighted by atomic mass is 10.1. The quantitative estimate of drug-likeness (QED) is 0.749. The van der Waals surface area contributed by atoms with Crippen LogP contribution in [0.2, 0.25) is 0 Å². The molecule has 0 bridgehead atoms. The van der Waals surface area contributed by atoms with Crippen molar-refractivity contribution in [3.05, 3.63) is 35.6 Å². The van der Waals surface area contributed by atoms with Gasteiger partial charge in [0.25, 0.3) is 0 Å². The summed E-state index contributed by atoms with van der Waals surface area (Å²) >= 11 is 0. The van der Waals surface area contributed by atoms with Crippen LogP contribution in [0, 0.1) is 11.7 Å². The molecule has 3 N–H and O–H groups in total. The Kier molecular flexibility index (Phi) is 4.50. The van der Waals surface area contributed by atoms with Crippen LogP contribution in [0.15, 0.2) is 24.3 Å². The van der Waals surface area contributed by atoms with Crippen molar-refractivity contribution in [1.29, 1.82) is 0 Å². The zero-order chi connectivity index (χ0) is 13.8. The van der Waals surface area contributed by atoms with E-state index < -0.39 is 6.10 Å². The van der Waals surface area contributed by atoms with Gasteiger partial charge in [-0.2, -0.15) is 0 Å². The molecule has 1 aliphatic carbocycles. The molecule has 0 aromatic heterocycles. The largest absolute Gasteiger partial charge is 0.396 e. The number of halogens is 1. The van der Waals surface area contributed by atoms with Crippen molar-refractivity contribution >= 4 is 5.91 Å². The van der Waals surface area contributed by atoms with Crippen molar-refractivity contribution in [1.82, 2.24) is 5.32 Å². The van der Waals surface area contributed by atoms with Gasteiger partial charge in [-0.05, 0) is 30.5 Å². The lowest BCUT2D eigenvalue weighted by Crippen LogP contribution is -2.34. The van der Waals surface area contributed by atoms with Gasteiger partial charge in [-0.3, -0.25) is 4.79 Å². The van der Waals surface area contributed by atoms with Crippen LogP contribution in [-0.2, 0) is 11.2 Å². The van der Waals surface area contributed by atoms with Crippen LogP contribution < -0.4 is 5.32 Å². The molecule has 1 amide bonds. The monoisotopic (exact) mass is 267 g/mol. The minimum atomic E-state index is -0.555. The van der Waals surface area contributed by atoms with E-state index in [2.05, 4.69) is 5.32 Å². The Morgan fingerprint density at radius 3 is 2.58 bits per heavy atom. The lowest BCUT2D eigenvalue weighted by molar-refractivity contribution is -0.121. The van der Waals surface area contributed by atoms with Gasteiger partial charge in [-0.15, -0.1) is 0 Å². The minimum absolute atomic E-state index is 0.0640. The second-order valence-corrected chi connectivity index (χ2v) is 5.05. The predicted octanol–water partition coefficient (Wildman–Crippen LogP) is 0.616. The molecule has 0 aliphatic heterocycles. The van der Waals surface area contributed by atoms with E-state index in [4.69, 9.17) is 5.11 Å². The molecule has 1 aliphatic rings. The number of amides is 1. The topological polar surface area (TPSA) is 69.6 Å². The third-order valence-electron chi connectivity index (χ3n) is 3.53. The van der Waals surface area contributed by atoms with E-state index in [9.17, 15) is 14.3 Å². The zero-order valence-electron chi connectivity index (χ0n) is 10.6. The molecule has 0 heterocycles. The van der Waals surface area contributed by atoms with Crippen LogP contribution in [-0.4, -0.2) is 34.9 Å². The average molecular weight is 267 g/mol. The first-order chi connectivity index (χ1) is 9.08. The van der Waals surface area contributed by atoms with Gasteiger partial charge >= 0.3 is 0 Å². The number of carbonyl (C=O) groups excluding carboxylic acids is 1. The molecule has 1 aromatic carbocycles. The summed E-state index contributed by atoms with van der Waals surface area (Å²) in [6.45, 7) is -0.0640. The SMILES string of the molecule is O=C(Cc1ccc(F)cc1)N[C@@H]1C[C@H](CO)[C@H](O)C1. The number of rotatable bonds is 4. The van der Waals surface area contributed by atoms with E-state index in [0.29, 0.717) is 12.8 Å². The van der Waals surface area contributed by atoms with Gasteiger partial charge in [0.1, 0.15) is 5.82 Å². The van der Waals surface area contributed by atoms with Crippen molar-refractivity contribution < 1.29 is 19.4 Å². The third-order valence-corrected chi connectivity index (χ3v) is 3.53. The molecule has 0 spiro atoms. The molecule has 0 radical (unpaired) electrons. The maximum Gasteiger partial charge on any atom is 0.224 e. The van der Waals surface area contributed by atoms with Crippen LogP contribution >= 0.6 is 0 Å². The van der Waals surface area contributed by atoms with Gasteiger partial charge in [0, 0.05) is 18.6 Å². The summed E-state index contributed by atoms with van der Waals surface area (Å²) in [4.78, 5) is 11.8. The van der Waals surface area contributed by atoms with E-state index in [1.807, 2.05) is 0 Å². The summed E-state index contributed by atoms with van der Waals surface area (Å²) in [6, 6.07) is 5.71.